The quantitative estimate of drug-likeness (QED) is 0.872. The van der Waals surface area contributed by atoms with Crippen LogP contribution in [0.2, 0.25) is 10.0 Å². The molecule has 0 fully saturated rings. The van der Waals surface area contributed by atoms with E-state index >= 15 is 0 Å². The van der Waals surface area contributed by atoms with Crippen LogP contribution in [0, 0.1) is 18.3 Å². The van der Waals surface area contributed by atoms with Gasteiger partial charge in [-0.15, -0.1) is 0 Å². The van der Waals surface area contributed by atoms with Crippen LogP contribution in [0.25, 0.3) is 0 Å². The number of hydrogen-bond acceptors (Lipinski definition) is 3. The lowest BCUT2D eigenvalue weighted by Gasteiger charge is -2.16. The number of halogens is 2. The first-order valence-electron chi connectivity index (χ1n) is 6.64. The van der Waals surface area contributed by atoms with Gasteiger partial charge in [-0.3, -0.25) is 4.72 Å². The van der Waals surface area contributed by atoms with Gasteiger partial charge in [-0.25, -0.2) is 8.42 Å². The Morgan fingerprint density at radius 3 is 2.30 bits per heavy atom. The van der Waals surface area contributed by atoms with Crippen LogP contribution in [0.15, 0.2) is 36.4 Å². The van der Waals surface area contributed by atoms with Crippen LogP contribution in [0.1, 0.15) is 22.6 Å². The van der Waals surface area contributed by atoms with Crippen LogP contribution < -0.4 is 4.72 Å². The second kappa shape index (κ2) is 6.79. The number of nitriles is 1. The molecule has 2 rings (SSSR count). The minimum Gasteiger partial charge on any atom is -0.283 e. The van der Waals surface area contributed by atoms with Crippen molar-refractivity contribution >= 4 is 38.9 Å². The molecular weight excluding hydrogens is 355 g/mol. The van der Waals surface area contributed by atoms with Crippen molar-refractivity contribution in [2.24, 2.45) is 0 Å². The molecule has 0 unspecified atom stereocenters. The molecule has 2 aromatic rings. The molecule has 0 bridgehead atoms. The Morgan fingerprint density at radius 2 is 1.78 bits per heavy atom. The third kappa shape index (κ3) is 4.38. The molecule has 0 saturated heterocycles. The van der Waals surface area contributed by atoms with Gasteiger partial charge in [0.25, 0.3) is 0 Å². The molecular formula is C16H14Cl2N2O2S. The average Bonchev–Trinajstić information content (AvgIpc) is 2.45. The van der Waals surface area contributed by atoms with Crippen molar-refractivity contribution in [3.05, 3.63) is 63.1 Å². The zero-order valence-electron chi connectivity index (χ0n) is 12.5. The van der Waals surface area contributed by atoms with Crippen molar-refractivity contribution < 1.29 is 8.42 Å². The van der Waals surface area contributed by atoms with Gasteiger partial charge in [0.2, 0.25) is 10.0 Å². The van der Waals surface area contributed by atoms with Gasteiger partial charge in [-0.2, -0.15) is 5.26 Å². The molecule has 0 heterocycles. The van der Waals surface area contributed by atoms with Gasteiger partial charge >= 0.3 is 0 Å². The second-order valence-electron chi connectivity index (χ2n) is 5.18. The number of benzene rings is 2. The first-order chi connectivity index (χ1) is 10.7. The topological polar surface area (TPSA) is 70.0 Å². The molecule has 0 aromatic heterocycles. The summed E-state index contributed by atoms with van der Waals surface area (Å²) in [6, 6.07) is 12.4. The molecule has 4 nitrogen and oxygen atoms in total. The monoisotopic (exact) mass is 368 g/mol. The largest absolute Gasteiger partial charge is 0.283 e. The summed E-state index contributed by atoms with van der Waals surface area (Å²) in [5.41, 5.74) is 2.47. The fraction of sp³-hybridized carbons (Fsp3) is 0.188. The van der Waals surface area contributed by atoms with Gasteiger partial charge in [-0.1, -0.05) is 41.4 Å². The highest BCUT2D eigenvalue weighted by Crippen LogP contribution is 2.34. The Kier molecular flexibility index (Phi) is 5.20. The fourth-order valence-corrected chi connectivity index (χ4v) is 3.23. The molecule has 0 radical (unpaired) electrons. The lowest BCUT2D eigenvalue weighted by atomic mass is 9.91. The molecule has 0 aliphatic heterocycles. The Hall–Kier alpha value is -1.74. The molecule has 0 spiro atoms. The third-order valence-electron chi connectivity index (χ3n) is 3.28. The first kappa shape index (κ1) is 17.6. The zero-order chi connectivity index (χ0) is 17.2. The molecule has 120 valence electrons. The number of rotatable bonds is 4. The minimum absolute atomic E-state index is 0.322. The van der Waals surface area contributed by atoms with Crippen LogP contribution in [0.3, 0.4) is 0 Å². The van der Waals surface area contributed by atoms with Gasteiger partial charge in [-0.05, 0) is 41.8 Å². The van der Waals surface area contributed by atoms with Crippen LogP contribution in [0.5, 0.6) is 0 Å². The van der Waals surface area contributed by atoms with Gasteiger partial charge < -0.3 is 0 Å². The highest BCUT2D eigenvalue weighted by molar-refractivity contribution is 7.92. The van der Waals surface area contributed by atoms with E-state index in [0.29, 0.717) is 26.9 Å². The summed E-state index contributed by atoms with van der Waals surface area (Å²) in [7, 11) is -3.40. The highest BCUT2D eigenvalue weighted by Gasteiger charge is 2.19. The highest BCUT2D eigenvalue weighted by atomic mass is 35.5. The van der Waals surface area contributed by atoms with E-state index in [1.165, 1.54) is 6.07 Å². The van der Waals surface area contributed by atoms with E-state index < -0.39 is 15.9 Å². The third-order valence-corrected chi connectivity index (χ3v) is 4.45. The number of sulfonamides is 1. The average molecular weight is 369 g/mol. The van der Waals surface area contributed by atoms with E-state index in [1.54, 1.807) is 37.3 Å². The van der Waals surface area contributed by atoms with Crippen molar-refractivity contribution in [3.8, 4) is 6.07 Å². The number of aryl methyl sites for hydroxylation is 1. The van der Waals surface area contributed by atoms with Gasteiger partial charge in [0.05, 0.1) is 23.9 Å². The summed E-state index contributed by atoms with van der Waals surface area (Å²) in [6.07, 6.45) is 1.07. The number of nitrogens with zero attached hydrogens (tertiary/aromatic N) is 1. The Bertz CT molecular complexity index is 872. The van der Waals surface area contributed by atoms with E-state index in [-0.39, 0.29) is 0 Å². The Labute approximate surface area is 145 Å². The summed E-state index contributed by atoms with van der Waals surface area (Å²) in [6.45, 7) is 1.75. The SMILES string of the molecule is Cc1cc([C@@H](C#N)c2ccc(Cl)cc2)c(Cl)cc1NS(C)(=O)=O. The van der Waals surface area contributed by atoms with Gasteiger partial charge in [0.1, 0.15) is 0 Å². The smallest absolute Gasteiger partial charge is 0.229 e. The number of hydrogen-bond donors (Lipinski definition) is 1. The molecule has 1 atom stereocenters. The van der Waals surface area contributed by atoms with E-state index in [4.69, 9.17) is 23.2 Å². The molecule has 2 aromatic carbocycles. The molecule has 0 aliphatic rings. The zero-order valence-corrected chi connectivity index (χ0v) is 14.8. The van der Waals surface area contributed by atoms with Crippen LogP contribution in [-0.4, -0.2) is 14.7 Å². The maximum atomic E-state index is 11.4. The predicted octanol–water partition coefficient (Wildman–Crippen LogP) is 4.33. The minimum atomic E-state index is -3.40. The van der Waals surface area contributed by atoms with Crippen molar-refractivity contribution in [3.63, 3.8) is 0 Å². The molecule has 23 heavy (non-hydrogen) atoms. The molecule has 1 N–H and O–H groups in total. The first-order valence-corrected chi connectivity index (χ1v) is 9.29. The molecule has 7 heteroatoms. The van der Waals surface area contributed by atoms with Crippen LogP contribution in [0.4, 0.5) is 5.69 Å². The van der Waals surface area contributed by atoms with E-state index in [2.05, 4.69) is 10.8 Å². The standard InChI is InChI=1S/C16H14Cl2N2O2S/c1-10-7-13(15(18)8-16(10)20-23(2,21)22)14(9-19)11-3-5-12(17)6-4-11/h3-8,14,20H,1-2H3/t14-/m0/s1. The van der Waals surface area contributed by atoms with Crippen LogP contribution >= 0.6 is 23.2 Å². The van der Waals surface area contributed by atoms with Crippen molar-refractivity contribution in [2.75, 3.05) is 11.0 Å². The van der Waals surface area contributed by atoms with Crippen molar-refractivity contribution in [2.45, 2.75) is 12.8 Å². The van der Waals surface area contributed by atoms with Crippen molar-refractivity contribution in [1.82, 2.24) is 0 Å². The van der Waals surface area contributed by atoms with Gasteiger partial charge in [0.15, 0.2) is 0 Å². The summed E-state index contributed by atoms with van der Waals surface area (Å²) < 4.78 is 25.2. The van der Waals surface area contributed by atoms with Crippen molar-refractivity contribution in [1.29, 1.82) is 5.26 Å². The van der Waals surface area contributed by atoms with E-state index in [1.807, 2.05) is 0 Å². The van der Waals surface area contributed by atoms with E-state index in [9.17, 15) is 13.7 Å². The summed E-state index contributed by atoms with van der Waals surface area (Å²) >= 11 is 12.1. The molecule has 0 saturated carbocycles. The lowest BCUT2D eigenvalue weighted by Crippen LogP contribution is -2.11. The van der Waals surface area contributed by atoms with Gasteiger partial charge in [0, 0.05) is 10.0 Å². The Balaban J connectivity index is 2.48. The van der Waals surface area contributed by atoms with E-state index in [0.717, 1.165) is 11.8 Å². The molecule has 0 amide bonds. The summed E-state index contributed by atoms with van der Waals surface area (Å²) in [5.74, 6) is -0.564. The molecule has 0 aliphatic carbocycles. The summed E-state index contributed by atoms with van der Waals surface area (Å²) in [4.78, 5) is 0. The predicted molar refractivity (Wildman–Crippen MR) is 93.6 cm³/mol. The second-order valence-corrected chi connectivity index (χ2v) is 7.77. The number of anilines is 1. The van der Waals surface area contributed by atoms with Crippen LogP contribution in [-0.2, 0) is 10.0 Å². The fourth-order valence-electron chi connectivity index (χ4n) is 2.21. The normalized spacial score (nSPS) is 12.5. The summed E-state index contributed by atoms with van der Waals surface area (Å²) in [5, 5.41) is 10.4. The maximum absolute atomic E-state index is 11.4. The maximum Gasteiger partial charge on any atom is 0.229 e. The lowest BCUT2D eigenvalue weighted by molar-refractivity contribution is 0.607. The Morgan fingerprint density at radius 1 is 1.17 bits per heavy atom. The number of nitrogens with one attached hydrogen (secondary N) is 1.